The highest BCUT2D eigenvalue weighted by Gasteiger charge is 2.37. The molecule has 0 radical (unpaired) electrons. The first-order valence-corrected chi connectivity index (χ1v) is 11.9. The first-order valence-electron chi connectivity index (χ1n) is 10.3. The second-order valence-corrected chi connectivity index (χ2v) is 9.03. The summed E-state index contributed by atoms with van der Waals surface area (Å²) in [7, 11) is 2.69. The molecule has 1 aliphatic rings. The van der Waals surface area contributed by atoms with Crippen LogP contribution in [0.3, 0.4) is 0 Å². The summed E-state index contributed by atoms with van der Waals surface area (Å²) in [5, 5.41) is 1.57. The van der Waals surface area contributed by atoms with E-state index in [4.69, 9.17) is 14.2 Å². The molecule has 0 unspecified atom stereocenters. The van der Waals surface area contributed by atoms with Crippen LogP contribution in [0.15, 0.2) is 39.7 Å². The van der Waals surface area contributed by atoms with Gasteiger partial charge in [0.15, 0.2) is 11.5 Å². The van der Waals surface area contributed by atoms with Crippen LogP contribution >= 0.6 is 27.7 Å². The van der Waals surface area contributed by atoms with Crippen molar-refractivity contribution in [1.82, 2.24) is 4.90 Å². The van der Waals surface area contributed by atoms with Crippen LogP contribution in [0.2, 0.25) is 0 Å². The SMILES string of the molecule is CCOc1cc(Br)c(/C=C2\SC(=O)N(CC(=O)Nc3cc(C(F)(F)F)ccc3OC)C2=O)cc1OC. The van der Waals surface area contributed by atoms with Crippen LogP contribution in [0.5, 0.6) is 17.2 Å². The van der Waals surface area contributed by atoms with Gasteiger partial charge in [-0.1, -0.05) is 15.9 Å². The van der Waals surface area contributed by atoms with E-state index in [-0.39, 0.29) is 16.3 Å². The van der Waals surface area contributed by atoms with Crippen molar-refractivity contribution in [3.05, 3.63) is 50.8 Å². The molecule has 1 saturated heterocycles. The first-order chi connectivity index (χ1) is 17.0. The van der Waals surface area contributed by atoms with E-state index in [9.17, 15) is 27.6 Å². The smallest absolute Gasteiger partial charge is 0.416 e. The summed E-state index contributed by atoms with van der Waals surface area (Å²) < 4.78 is 55.5. The van der Waals surface area contributed by atoms with E-state index in [1.54, 1.807) is 12.1 Å². The summed E-state index contributed by atoms with van der Waals surface area (Å²) >= 11 is 4.02. The molecule has 2 aromatic rings. The Balaban J connectivity index is 1.79. The second kappa shape index (κ2) is 11.2. The molecule has 2 aromatic carbocycles. The molecule has 1 fully saturated rings. The Morgan fingerprint density at radius 2 is 1.81 bits per heavy atom. The van der Waals surface area contributed by atoms with Gasteiger partial charge in [-0.05, 0) is 60.7 Å². The lowest BCUT2D eigenvalue weighted by Gasteiger charge is -2.16. The highest BCUT2D eigenvalue weighted by molar-refractivity contribution is 9.10. The monoisotopic (exact) mass is 588 g/mol. The number of alkyl halides is 3. The molecule has 8 nitrogen and oxygen atoms in total. The molecule has 1 N–H and O–H groups in total. The van der Waals surface area contributed by atoms with Crippen molar-refractivity contribution in [2.75, 3.05) is 32.7 Å². The van der Waals surface area contributed by atoms with Gasteiger partial charge in [0.1, 0.15) is 12.3 Å². The van der Waals surface area contributed by atoms with Crippen molar-refractivity contribution in [2.45, 2.75) is 13.1 Å². The molecule has 3 rings (SSSR count). The fraction of sp³-hybridized carbons (Fsp3) is 0.261. The molecule has 1 aliphatic heterocycles. The number of hydrogen-bond acceptors (Lipinski definition) is 7. The molecule has 1 heterocycles. The van der Waals surface area contributed by atoms with Crippen LogP contribution in [-0.4, -0.2) is 49.3 Å². The quantitative estimate of drug-likeness (QED) is 0.403. The van der Waals surface area contributed by atoms with E-state index in [0.29, 0.717) is 50.9 Å². The lowest BCUT2D eigenvalue weighted by atomic mass is 10.1. The van der Waals surface area contributed by atoms with Gasteiger partial charge in [-0.25, -0.2) is 0 Å². The minimum absolute atomic E-state index is 0.0142. The summed E-state index contributed by atoms with van der Waals surface area (Å²) in [5.41, 5.74) is -0.715. The van der Waals surface area contributed by atoms with E-state index in [2.05, 4.69) is 21.2 Å². The number of ether oxygens (including phenoxy) is 3. The normalized spacial score (nSPS) is 14.9. The number of halogens is 4. The molecule has 0 aromatic heterocycles. The van der Waals surface area contributed by atoms with Crippen molar-refractivity contribution >= 4 is 56.5 Å². The van der Waals surface area contributed by atoms with Crippen molar-refractivity contribution in [2.24, 2.45) is 0 Å². The van der Waals surface area contributed by atoms with Crippen LogP contribution in [0, 0.1) is 0 Å². The predicted molar refractivity (Wildman–Crippen MR) is 131 cm³/mol. The van der Waals surface area contributed by atoms with Crippen LogP contribution in [-0.2, 0) is 15.8 Å². The highest BCUT2D eigenvalue weighted by atomic mass is 79.9. The summed E-state index contributed by atoms with van der Waals surface area (Å²) in [5.74, 6) is -0.713. The Bertz CT molecular complexity index is 1240. The summed E-state index contributed by atoms with van der Waals surface area (Å²) in [6, 6.07) is 5.86. The maximum atomic E-state index is 13.1. The molecular weight excluding hydrogens is 569 g/mol. The molecule has 192 valence electrons. The molecule has 0 saturated carbocycles. The van der Waals surface area contributed by atoms with E-state index in [0.717, 1.165) is 12.1 Å². The number of rotatable bonds is 8. The van der Waals surface area contributed by atoms with Gasteiger partial charge in [0, 0.05) is 4.47 Å². The van der Waals surface area contributed by atoms with E-state index < -0.39 is 35.3 Å². The average molecular weight is 589 g/mol. The van der Waals surface area contributed by atoms with Gasteiger partial charge in [0.25, 0.3) is 11.1 Å². The Labute approximate surface area is 216 Å². The number of anilines is 1. The van der Waals surface area contributed by atoms with Crippen LogP contribution in [0.1, 0.15) is 18.1 Å². The topological polar surface area (TPSA) is 94.2 Å². The predicted octanol–water partition coefficient (Wildman–Crippen LogP) is 5.56. The van der Waals surface area contributed by atoms with E-state index in [1.165, 1.54) is 20.3 Å². The largest absolute Gasteiger partial charge is 0.495 e. The lowest BCUT2D eigenvalue weighted by molar-refractivity contribution is -0.137. The van der Waals surface area contributed by atoms with Gasteiger partial charge >= 0.3 is 6.18 Å². The first kappa shape index (κ1) is 27.4. The summed E-state index contributed by atoms with van der Waals surface area (Å²) in [6.07, 6.45) is -3.18. The van der Waals surface area contributed by atoms with Crippen LogP contribution < -0.4 is 19.5 Å². The number of carbonyl (C=O) groups excluding carboxylic acids is 3. The molecule has 0 bridgehead atoms. The Kier molecular flexibility index (Phi) is 8.56. The van der Waals surface area contributed by atoms with Gasteiger partial charge in [0.2, 0.25) is 5.91 Å². The minimum Gasteiger partial charge on any atom is -0.495 e. The zero-order chi connectivity index (χ0) is 26.6. The Morgan fingerprint density at radius 3 is 2.42 bits per heavy atom. The van der Waals surface area contributed by atoms with Crippen molar-refractivity contribution in [1.29, 1.82) is 0 Å². The standard InChI is InChI=1S/C23H20BrF3N2O6S/c1-4-35-18-10-14(24)12(7-17(18)34-3)8-19-21(31)29(22(32)36-19)11-20(30)28-15-9-13(23(25,26)27)5-6-16(15)33-2/h5-10H,4,11H2,1-3H3,(H,28,30)/b19-8-. The van der Waals surface area contributed by atoms with Crippen LogP contribution in [0.25, 0.3) is 6.08 Å². The zero-order valence-electron chi connectivity index (χ0n) is 19.2. The van der Waals surface area contributed by atoms with E-state index in [1.807, 2.05) is 6.92 Å². The fourth-order valence-electron chi connectivity index (χ4n) is 3.18. The number of methoxy groups -OCH3 is 2. The third-order valence-electron chi connectivity index (χ3n) is 4.85. The van der Waals surface area contributed by atoms with Gasteiger partial charge in [-0.2, -0.15) is 13.2 Å². The average Bonchev–Trinajstić information content (AvgIpc) is 3.07. The van der Waals surface area contributed by atoms with Crippen molar-refractivity contribution in [3.63, 3.8) is 0 Å². The second-order valence-electron chi connectivity index (χ2n) is 7.19. The number of benzene rings is 2. The minimum atomic E-state index is -4.64. The maximum absolute atomic E-state index is 13.1. The molecule has 0 spiro atoms. The molecule has 0 atom stereocenters. The van der Waals surface area contributed by atoms with Gasteiger partial charge in [-0.3, -0.25) is 19.3 Å². The third-order valence-corrected chi connectivity index (χ3v) is 6.44. The van der Waals surface area contributed by atoms with Crippen molar-refractivity contribution in [3.8, 4) is 17.2 Å². The summed E-state index contributed by atoms with van der Waals surface area (Å²) in [4.78, 5) is 38.6. The maximum Gasteiger partial charge on any atom is 0.416 e. The number of nitrogens with one attached hydrogen (secondary N) is 1. The number of thioether (sulfide) groups is 1. The molecule has 0 aliphatic carbocycles. The Morgan fingerprint density at radius 1 is 1.11 bits per heavy atom. The third kappa shape index (κ3) is 6.13. The van der Waals surface area contributed by atoms with Gasteiger partial charge < -0.3 is 19.5 Å². The molecule has 36 heavy (non-hydrogen) atoms. The van der Waals surface area contributed by atoms with Gasteiger partial charge in [0.05, 0.1) is 37.0 Å². The molecular formula is C23H20BrF3N2O6S. The number of carbonyl (C=O) groups is 3. The number of hydrogen-bond donors (Lipinski definition) is 1. The molecule has 3 amide bonds. The number of nitrogens with zero attached hydrogens (tertiary/aromatic N) is 1. The van der Waals surface area contributed by atoms with Gasteiger partial charge in [-0.15, -0.1) is 0 Å². The van der Waals surface area contributed by atoms with Crippen molar-refractivity contribution < 1.29 is 41.8 Å². The highest BCUT2D eigenvalue weighted by Crippen LogP contribution is 2.38. The Hall–Kier alpha value is -3.19. The van der Waals surface area contributed by atoms with E-state index >= 15 is 0 Å². The zero-order valence-corrected chi connectivity index (χ0v) is 21.6. The van der Waals surface area contributed by atoms with Crippen LogP contribution in [0.4, 0.5) is 23.7 Å². The number of amides is 3. The molecule has 13 heteroatoms. The summed E-state index contributed by atoms with van der Waals surface area (Å²) in [6.45, 7) is 1.53. The fourth-order valence-corrected chi connectivity index (χ4v) is 4.45. The number of imide groups is 1. The lowest BCUT2D eigenvalue weighted by Crippen LogP contribution is -2.36.